The van der Waals surface area contributed by atoms with E-state index in [0.717, 1.165) is 17.7 Å². The number of halogens is 2. The predicted molar refractivity (Wildman–Crippen MR) is 78.0 cm³/mol. The maximum absolute atomic E-state index is 13.8. The lowest BCUT2D eigenvalue weighted by molar-refractivity contribution is 0.585. The van der Waals surface area contributed by atoms with Crippen molar-refractivity contribution in [1.82, 2.24) is 10.2 Å². The minimum atomic E-state index is -0.443. The standard InChI is InChI=1S/C13H11ClFN3OS/c14-11-10(6-16-18-13(11)19)17-9-4-5-20-12-7(9)2-1-3-8(12)15/h1-3,6,9H,4-5H2,(H2,17,18,19)/t9-/m1/s1. The third-order valence-corrected chi connectivity index (χ3v) is 4.69. The number of benzene rings is 1. The molecule has 0 fully saturated rings. The molecule has 104 valence electrons. The van der Waals surface area contributed by atoms with Crippen LogP contribution in [-0.4, -0.2) is 16.0 Å². The van der Waals surface area contributed by atoms with Crippen molar-refractivity contribution in [3.05, 3.63) is 51.2 Å². The highest BCUT2D eigenvalue weighted by Gasteiger charge is 2.23. The van der Waals surface area contributed by atoms with Crippen molar-refractivity contribution in [2.24, 2.45) is 0 Å². The van der Waals surface area contributed by atoms with Gasteiger partial charge in [0, 0.05) is 10.6 Å². The number of anilines is 1. The molecule has 1 aliphatic heterocycles. The number of rotatable bonds is 2. The highest BCUT2D eigenvalue weighted by molar-refractivity contribution is 7.99. The molecule has 0 radical (unpaired) electrons. The lowest BCUT2D eigenvalue weighted by Gasteiger charge is -2.27. The molecule has 2 aromatic rings. The minimum Gasteiger partial charge on any atom is -0.375 e. The number of nitrogens with zero attached hydrogens (tertiary/aromatic N) is 1. The van der Waals surface area contributed by atoms with Gasteiger partial charge in [-0.3, -0.25) is 4.79 Å². The fourth-order valence-electron chi connectivity index (χ4n) is 2.21. The summed E-state index contributed by atoms with van der Waals surface area (Å²) >= 11 is 7.45. The van der Waals surface area contributed by atoms with Crippen LogP contribution in [0.15, 0.2) is 34.1 Å². The van der Waals surface area contributed by atoms with Crippen molar-refractivity contribution < 1.29 is 4.39 Å². The SMILES string of the molecule is O=c1[nH]ncc(N[C@@H]2CCSc3c(F)cccc32)c1Cl. The Bertz CT molecular complexity index is 706. The van der Waals surface area contributed by atoms with Crippen LogP contribution in [0.2, 0.25) is 5.02 Å². The Labute approximate surface area is 123 Å². The second-order valence-electron chi connectivity index (χ2n) is 4.42. The van der Waals surface area contributed by atoms with Crippen LogP contribution in [0.4, 0.5) is 10.1 Å². The second-order valence-corrected chi connectivity index (χ2v) is 5.90. The summed E-state index contributed by atoms with van der Waals surface area (Å²) in [6.07, 6.45) is 2.29. The molecule has 2 heterocycles. The molecule has 1 atom stereocenters. The molecule has 20 heavy (non-hydrogen) atoms. The van der Waals surface area contributed by atoms with Crippen LogP contribution in [-0.2, 0) is 0 Å². The quantitative estimate of drug-likeness (QED) is 0.894. The number of H-pyrrole nitrogens is 1. The third-order valence-electron chi connectivity index (χ3n) is 3.15. The monoisotopic (exact) mass is 311 g/mol. The van der Waals surface area contributed by atoms with E-state index in [-0.39, 0.29) is 16.9 Å². The van der Waals surface area contributed by atoms with Gasteiger partial charge < -0.3 is 5.32 Å². The number of thioether (sulfide) groups is 1. The Morgan fingerprint density at radius 2 is 2.35 bits per heavy atom. The highest BCUT2D eigenvalue weighted by atomic mass is 35.5. The molecule has 0 saturated heterocycles. The van der Waals surface area contributed by atoms with Crippen molar-refractivity contribution in [3.8, 4) is 0 Å². The van der Waals surface area contributed by atoms with Crippen molar-refractivity contribution in [1.29, 1.82) is 0 Å². The topological polar surface area (TPSA) is 57.8 Å². The van der Waals surface area contributed by atoms with Crippen LogP contribution in [0.1, 0.15) is 18.0 Å². The summed E-state index contributed by atoms with van der Waals surface area (Å²) in [6.45, 7) is 0. The summed E-state index contributed by atoms with van der Waals surface area (Å²) in [6, 6.07) is 4.95. The number of fused-ring (bicyclic) bond motifs is 1. The molecular formula is C13H11ClFN3OS. The Morgan fingerprint density at radius 3 is 3.20 bits per heavy atom. The van der Waals surface area contributed by atoms with Gasteiger partial charge in [-0.25, -0.2) is 9.49 Å². The van der Waals surface area contributed by atoms with Crippen LogP contribution in [0, 0.1) is 5.82 Å². The van der Waals surface area contributed by atoms with E-state index in [1.807, 2.05) is 6.07 Å². The Balaban J connectivity index is 1.96. The van der Waals surface area contributed by atoms with Crippen molar-refractivity contribution in [3.63, 3.8) is 0 Å². The van der Waals surface area contributed by atoms with E-state index in [0.29, 0.717) is 10.6 Å². The maximum atomic E-state index is 13.8. The molecular weight excluding hydrogens is 301 g/mol. The molecule has 0 bridgehead atoms. The molecule has 1 aliphatic rings. The summed E-state index contributed by atoms with van der Waals surface area (Å²) in [4.78, 5) is 12.1. The van der Waals surface area contributed by atoms with Gasteiger partial charge in [0.25, 0.3) is 5.56 Å². The first kappa shape index (κ1) is 13.5. The molecule has 1 aromatic heterocycles. The number of nitrogens with one attached hydrogen (secondary N) is 2. The Morgan fingerprint density at radius 1 is 1.50 bits per heavy atom. The largest absolute Gasteiger partial charge is 0.375 e. The van der Waals surface area contributed by atoms with Gasteiger partial charge >= 0.3 is 0 Å². The van der Waals surface area contributed by atoms with Crippen molar-refractivity contribution in [2.75, 3.05) is 11.1 Å². The lowest BCUT2D eigenvalue weighted by Crippen LogP contribution is -2.19. The molecule has 0 spiro atoms. The van der Waals surface area contributed by atoms with Gasteiger partial charge in [0.2, 0.25) is 0 Å². The van der Waals surface area contributed by atoms with Gasteiger partial charge in [-0.15, -0.1) is 11.8 Å². The van der Waals surface area contributed by atoms with Gasteiger partial charge in [0.1, 0.15) is 10.8 Å². The van der Waals surface area contributed by atoms with Gasteiger partial charge in [-0.1, -0.05) is 23.7 Å². The van der Waals surface area contributed by atoms with Gasteiger partial charge in [0.05, 0.1) is 17.9 Å². The number of hydrogen-bond acceptors (Lipinski definition) is 4. The van der Waals surface area contributed by atoms with E-state index in [4.69, 9.17) is 11.6 Å². The van der Waals surface area contributed by atoms with Crippen LogP contribution < -0.4 is 10.9 Å². The summed E-state index contributed by atoms with van der Waals surface area (Å²) in [5.41, 5.74) is 0.904. The molecule has 0 unspecified atom stereocenters. The summed E-state index contributed by atoms with van der Waals surface area (Å²) in [5.74, 6) is 0.592. The van der Waals surface area contributed by atoms with E-state index in [9.17, 15) is 9.18 Å². The van der Waals surface area contributed by atoms with E-state index in [1.165, 1.54) is 24.0 Å². The zero-order chi connectivity index (χ0) is 14.1. The van der Waals surface area contributed by atoms with Crippen molar-refractivity contribution in [2.45, 2.75) is 17.4 Å². The number of aromatic amines is 1. The molecule has 0 aliphatic carbocycles. The molecule has 7 heteroatoms. The Kier molecular flexibility index (Phi) is 3.67. The fraction of sp³-hybridized carbons (Fsp3) is 0.231. The summed E-state index contributed by atoms with van der Waals surface area (Å²) < 4.78 is 13.8. The second kappa shape index (κ2) is 5.46. The van der Waals surface area contributed by atoms with Crippen LogP contribution in [0.3, 0.4) is 0 Å². The highest BCUT2D eigenvalue weighted by Crippen LogP contribution is 2.39. The molecule has 0 amide bonds. The van der Waals surface area contributed by atoms with Crippen LogP contribution in [0.5, 0.6) is 0 Å². The average Bonchev–Trinajstić information content (AvgIpc) is 2.45. The van der Waals surface area contributed by atoms with Crippen LogP contribution in [0.25, 0.3) is 0 Å². The fourth-order valence-corrected chi connectivity index (χ4v) is 3.49. The third kappa shape index (κ3) is 2.41. The van der Waals surface area contributed by atoms with Crippen LogP contribution >= 0.6 is 23.4 Å². The van der Waals surface area contributed by atoms with Gasteiger partial charge in [0.15, 0.2) is 0 Å². The first-order chi connectivity index (χ1) is 9.66. The zero-order valence-electron chi connectivity index (χ0n) is 10.3. The molecule has 4 nitrogen and oxygen atoms in total. The molecule has 3 rings (SSSR count). The van der Waals surface area contributed by atoms with Crippen molar-refractivity contribution >= 4 is 29.1 Å². The summed E-state index contributed by atoms with van der Waals surface area (Å²) in [5, 5.41) is 9.23. The van der Waals surface area contributed by atoms with E-state index in [2.05, 4.69) is 15.5 Å². The smallest absolute Gasteiger partial charge is 0.285 e. The van der Waals surface area contributed by atoms with E-state index in [1.54, 1.807) is 6.07 Å². The first-order valence-electron chi connectivity index (χ1n) is 6.07. The Hall–Kier alpha value is -1.53. The molecule has 0 saturated carbocycles. The van der Waals surface area contributed by atoms with E-state index >= 15 is 0 Å². The predicted octanol–water partition coefficient (Wildman–Crippen LogP) is 3.21. The lowest BCUT2D eigenvalue weighted by atomic mass is 10.0. The molecule has 1 aromatic carbocycles. The maximum Gasteiger partial charge on any atom is 0.285 e. The summed E-state index contributed by atoms with van der Waals surface area (Å²) in [7, 11) is 0. The first-order valence-corrected chi connectivity index (χ1v) is 7.44. The van der Waals surface area contributed by atoms with E-state index < -0.39 is 5.56 Å². The number of aromatic nitrogens is 2. The average molecular weight is 312 g/mol. The van der Waals surface area contributed by atoms with Gasteiger partial charge in [-0.2, -0.15) is 5.10 Å². The zero-order valence-corrected chi connectivity index (χ0v) is 11.9. The van der Waals surface area contributed by atoms with Gasteiger partial charge in [-0.05, 0) is 18.1 Å². The normalized spacial score (nSPS) is 17.6. The minimum absolute atomic E-state index is 0.0659. The molecule has 2 N–H and O–H groups in total. The number of hydrogen-bond donors (Lipinski definition) is 2.